The Hall–Kier alpha value is -3.29. The zero-order valence-corrected chi connectivity index (χ0v) is 17.3. The van der Waals surface area contributed by atoms with Gasteiger partial charge in [-0.25, -0.2) is 0 Å². The van der Waals surface area contributed by atoms with E-state index >= 15 is 0 Å². The van der Waals surface area contributed by atoms with Crippen LogP contribution in [0.5, 0.6) is 40.2 Å². The normalized spacial score (nSPS) is 15.1. The minimum absolute atomic E-state index is 0.0880. The molecule has 0 saturated carbocycles. The number of esters is 1. The molecule has 0 spiro atoms. The highest BCUT2D eigenvalue weighted by atomic mass is 16.6. The van der Waals surface area contributed by atoms with Gasteiger partial charge >= 0.3 is 5.97 Å². The van der Waals surface area contributed by atoms with Crippen molar-refractivity contribution in [2.75, 3.05) is 42.7 Å². The van der Waals surface area contributed by atoms with E-state index in [-0.39, 0.29) is 12.4 Å². The zero-order valence-electron chi connectivity index (χ0n) is 17.3. The summed E-state index contributed by atoms with van der Waals surface area (Å²) in [7, 11) is 9.16. The van der Waals surface area contributed by atoms with Crippen LogP contribution in [-0.2, 0) is 4.79 Å². The predicted octanol–water partition coefficient (Wildman–Crippen LogP) is 3.18. The second-order valence-corrected chi connectivity index (χ2v) is 6.21. The van der Waals surface area contributed by atoms with Crippen LogP contribution in [-0.4, -0.2) is 48.6 Å². The van der Waals surface area contributed by atoms with Gasteiger partial charge in [-0.05, 0) is 6.07 Å². The molecule has 156 valence electrons. The average molecular weight is 404 g/mol. The molecule has 1 aliphatic rings. The number of methoxy groups -OCH3 is 6. The van der Waals surface area contributed by atoms with Crippen molar-refractivity contribution < 1.29 is 38.0 Å². The van der Waals surface area contributed by atoms with Gasteiger partial charge in [0.15, 0.2) is 23.0 Å². The third-order valence-electron chi connectivity index (χ3n) is 4.88. The minimum atomic E-state index is -0.421. The van der Waals surface area contributed by atoms with E-state index in [4.69, 9.17) is 33.2 Å². The maximum atomic E-state index is 12.4. The Morgan fingerprint density at radius 3 is 1.90 bits per heavy atom. The molecule has 0 fully saturated rings. The molecule has 1 aliphatic heterocycles. The fourth-order valence-electron chi connectivity index (χ4n) is 3.67. The molecule has 0 aliphatic carbocycles. The van der Waals surface area contributed by atoms with Gasteiger partial charge < -0.3 is 33.2 Å². The van der Waals surface area contributed by atoms with E-state index in [0.717, 1.165) is 5.56 Å². The fraction of sp³-hybridized carbons (Fsp3) is 0.381. The van der Waals surface area contributed by atoms with Crippen LogP contribution in [0.15, 0.2) is 18.2 Å². The lowest BCUT2D eigenvalue weighted by molar-refractivity contribution is -0.135. The van der Waals surface area contributed by atoms with E-state index in [9.17, 15) is 4.79 Å². The summed E-state index contributed by atoms with van der Waals surface area (Å²) >= 11 is 0. The van der Waals surface area contributed by atoms with Crippen LogP contribution in [0.3, 0.4) is 0 Å². The first kappa shape index (κ1) is 20.4. The van der Waals surface area contributed by atoms with Crippen molar-refractivity contribution in [3.63, 3.8) is 0 Å². The molecule has 29 heavy (non-hydrogen) atoms. The van der Waals surface area contributed by atoms with Gasteiger partial charge in [0.05, 0.1) is 49.1 Å². The van der Waals surface area contributed by atoms with E-state index in [1.54, 1.807) is 19.2 Å². The number of hydrogen-bond acceptors (Lipinski definition) is 8. The summed E-state index contributed by atoms with van der Waals surface area (Å²) < 4.78 is 38.5. The largest absolute Gasteiger partial charge is 0.493 e. The topological polar surface area (TPSA) is 81.7 Å². The molecule has 0 amide bonds. The first-order valence-electron chi connectivity index (χ1n) is 8.86. The van der Waals surface area contributed by atoms with Crippen LogP contribution in [0, 0.1) is 0 Å². The molecular weight excluding hydrogens is 380 g/mol. The third-order valence-corrected chi connectivity index (χ3v) is 4.88. The SMILES string of the molecule is COc1ccc([C@H]2CC(=O)Oc3cc(OC)c(OC)c(OC)c32)c(OC)c1OC. The van der Waals surface area contributed by atoms with Crippen molar-refractivity contribution in [2.24, 2.45) is 0 Å². The van der Waals surface area contributed by atoms with E-state index in [1.807, 2.05) is 6.07 Å². The molecule has 0 radical (unpaired) electrons. The van der Waals surface area contributed by atoms with Crippen molar-refractivity contribution in [3.05, 3.63) is 29.3 Å². The summed E-state index contributed by atoms with van der Waals surface area (Å²) in [6.07, 6.45) is 0.0880. The standard InChI is InChI=1S/C21H24O8/c1-23-13-8-7-11(18(25-3)19(13)26-4)12-9-16(22)29-14-10-15(24-2)20(27-5)21(28-6)17(12)14/h7-8,10,12H,9H2,1-6H3/t12-/m1/s1. The number of fused-ring (bicyclic) bond motifs is 1. The average Bonchev–Trinajstić information content (AvgIpc) is 2.75. The second-order valence-electron chi connectivity index (χ2n) is 6.21. The van der Waals surface area contributed by atoms with Crippen molar-refractivity contribution >= 4 is 5.97 Å². The molecule has 8 heteroatoms. The van der Waals surface area contributed by atoms with Crippen molar-refractivity contribution in [3.8, 4) is 40.2 Å². The summed E-state index contributed by atoms with van der Waals surface area (Å²) in [6, 6.07) is 5.22. The Bertz CT molecular complexity index is 922. The van der Waals surface area contributed by atoms with Gasteiger partial charge in [0.2, 0.25) is 11.5 Å². The highest BCUT2D eigenvalue weighted by molar-refractivity contribution is 5.81. The van der Waals surface area contributed by atoms with Crippen LogP contribution in [0.1, 0.15) is 23.5 Å². The van der Waals surface area contributed by atoms with Crippen LogP contribution >= 0.6 is 0 Å². The first-order valence-corrected chi connectivity index (χ1v) is 8.86. The molecule has 1 heterocycles. The highest BCUT2D eigenvalue weighted by Gasteiger charge is 2.37. The summed E-state index contributed by atoms with van der Waals surface area (Å²) in [6.45, 7) is 0. The number of rotatable bonds is 7. The van der Waals surface area contributed by atoms with E-state index < -0.39 is 5.92 Å². The molecule has 2 aromatic rings. The van der Waals surface area contributed by atoms with Gasteiger partial charge in [0.25, 0.3) is 0 Å². The van der Waals surface area contributed by atoms with Crippen LogP contribution < -0.4 is 33.2 Å². The van der Waals surface area contributed by atoms with E-state index in [2.05, 4.69) is 0 Å². The van der Waals surface area contributed by atoms with Crippen molar-refractivity contribution in [2.45, 2.75) is 12.3 Å². The Labute approximate surface area is 169 Å². The number of benzene rings is 2. The lowest BCUT2D eigenvalue weighted by Gasteiger charge is -2.29. The Morgan fingerprint density at radius 1 is 0.759 bits per heavy atom. The number of carbonyl (C=O) groups is 1. The third kappa shape index (κ3) is 3.35. The highest BCUT2D eigenvalue weighted by Crippen LogP contribution is 2.55. The van der Waals surface area contributed by atoms with E-state index in [0.29, 0.717) is 45.8 Å². The molecule has 8 nitrogen and oxygen atoms in total. The molecular formula is C21H24O8. The molecule has 1 atom stereocenters. The summed E-state index contributed by atoms with van der Waals surface area (Å²) in [5.74, 6) is 2.21. The fourth-order valence-corrected chi connectivity index (χ4v) is 3.67. The van der Waals surface area contributed by atoms with E-state index in [1.165, 1.54) is 35.5 Å². The Kier molecular flexibility index (Phi) is 5.91. The van der Waals surface area contributed by atoms with Crippen LogP contribution in [0.4, 0.5) is 0 Å². The summed E-state index contributed by atoms with van der Waals surface area (Å²) in [5, 5.41) is 0. The number of ether oxygens (including phenoxy) is 7. The zero-order chi connectivity index (χ0) is 21.1. The lowest BCUT2D eigenvalue weighted by Crippen LogP contribution is -2.22. The van der Waals surface area contributed by atoms with Crippen molar-refractivity contribution in [1.82, 2.24) is 0 Å². The minimum Gasteiger partial charge on any atom is -0.493 e. The smallest absolute Gasteiger partial charge is 0.312 e. The molecule has 0 bridgehead atoms. The van der Waals surface area contributed by atoms with Crippen LogP contribution in [0.2, 0.25) is 0 Å². The molecule has 0 N–H and O–H groups in total. The van der Waals surface area contributed by atoms with Gasteiger partial charge in [0, 0.05) is 23.1 Å². The summed E-state index contributed by atoms with van der Waals surface area (Å²) in [5.41, 5.74) is 1.39. The maximum absolute atomic E-state index is 12.4. The molecule has 0 aromatic heterocycles. The van der Waals surface area contributed by atoms with Gasteiger partial charge in [-0.15, -0.1) is 0 Å². The van der Waals surface area contributed by atoms with Crippen molar-refractivity contribution in [1.29, 1.82) is 0 Å². The molecule has 0 unspecified atom stereocenters. The Balaban J connectivity index is 2.31. The van der Waals surface area contributed by atoms with Gasteiger partial charge in [-0.2, -0.15) is 0 Å². The first-order chi connectivity index (χ1) is 14.0. The molecule has 3 rings (SSSR count). The predicted molar refractivity (Wildman–Crippen MR) is 104 cm³/mol. The monoisotopic (exact) mass is 404 g/mol. The maximum Gasteiger partial charge on any atom is 0.312 e. The Morgan fingerprint density at radius 2 is 1.34 bits per heavy atom. The number of hydrogen-bond donors (Lipinski definition) is 0. The second kappa shape index (κ2) is 8.38. The van der Waals surface area contributed by atoms with Gasteiger partial charge in [0.1, 0.15) is 5.75 Å². The molecule has 2 aromatic carbocycles. The van der Waals surface area contributed by atoms with Gasteiger partial charge in [-0.1, -0.05) is 6.07 Å². The quantitative estimate of drug-likeness (QED) is 0.514. The van der Waals surface area contributed by atoms with Crippen LogP contribution in [0.25, 0.3) is 0 Å². The summed E-state index contributed by atoms with van der Waals surface area (Å²) in [4.78, 5) is 12.4. The lowest BCUT2D eigenvalue weighted by atomic mass is 9.84. The van der Waals surface area contributed by atoms with Gasteiger partial charge in [-0.3, -0.25) is 4.79 Å². The number of carbonyl (C=O) groups excluding carboxylic acids is 1. The molecule has 0 saturated heterocycles.